The summed E-state index contributed by atoms with van der Waals surface area (Å²) in [5.74, 6) is -1.07. The SMILES string of the molecule is NC(=O)c1ccc(NC(=O)c2nc(=O)[nH]c3ccccc23)cc1. The maximum absolute atomic E-state index is 12.4. The Hall–Kier alpha value is -3.48. The quantitative estimate of drug-likeness (QED) is 0.675. The number of carbonyl (C=O) groups is 2. The first-order chi connectivity index (χ1) is 11.0. The molecule has 0 fully saturated rings. The summed E-state index contributed by atoms with van der Waals surface area (Å²) in [4.78, 5) is 41.3. The summed E-state index contributed by atoms with van der Waals surface area (Å²) in [6.45, 7) is 0. The Morgan fingerprint density at radius 2 is 1.74 bits per heavy atom. The molecule has 0 aliphatic carbocycles. The Bertz CT molecular complexity index is 961. The largest absolute Gasteiger partial charge is 0.366 e. The lowest BCUT2D eigenvalue weighted by molar-refractivity contribution is 0.0998. The first-order valence-corrected chi connectivity index (χ1v) is 6.75. The van der Waals surface area contributed by atoms with Gasteiger partial charge in [-0.15, -0.1) is 0 Å². The van der Waals surface area contributed by atoms with Crippen molar-refractivity contribution in [1.29, 1.82) is 0 Å². The average Bonchev–Trinajstić information content (AvgIpc) is 2.54. The van der Waals surface area contributed by atoms with Gasteiger partial charge in [-0.3, -0.25) is 9.59 Å². The second-order valence-electron chi connectivity index (χ2n) is 4.83. The number of primary amides is 1. The number of benzene rings is 2. The molecule has 0 radical (unpaired) electrons. The molecule has 1 aromatic heterocycles. The van der Waals surface area contributed by atoms with Gasteiger partial charge in [0, 0.05) is 16.6 Å². The van der Waals surface area contributed by atoms with Crippen molar-refractivity contribution in [3.63, 3.8) is 0 Å². The number of fused-ring (bicyclic) bond motifs is 1. The van der Waals surface area contributed by atoms with Gasteiger partial charge in [0.15, 0.2) is 0 Å². The molecule has 0 spiro atoms. The van der Waals surface area contributed by atoms with E-state index in [4.69, 9.17) is 5.73 Å². The van der Waals surface area contributed by atoms with Crippen molar-refractivity contribution in [2.45, 2.75) is 0 Å². The van der Waals surface area contributed by atoms with Crippen molar-refractivity contribution in [1.82, 2.24) is 9.97 Å². The van der Waals surface area contributed by atoms with Crippen LogP contribution in [0.1, 0.15) is 20.8 Å². The number of rotatable bonds is 3. The third-order valence-electron chi connectivity index (χ3n) is 3.28. The molecule has 3 rings (SSSR count). The van der Waals surface area contributed by atoms with Gasteiger partial charge in [0.1, 0.15) is 5.69 Å². The van der Waals surface area contributed by atoms with Crippen LogP contribution in [-0.2, 0) is 0 Å². The Morgan fingerprint density at radius 1 is 1.04 bits per heavy atom. The number of nitrogens with one attached hydrogen (secondary N) is 2. The van der Waals surface area contributed by atoms with Crippen molar-refractivity contribution in [3.8, 4) is 0 Å². The van der Waals surface area contributed by atoms with E-state index < -0.39 is 17.5 Å². The number of H-pyrrole nitrogens is 1. The number of hydrogen-bond acceptors (Lipinski definition) is 4. The van der Waals surface area contributed by atoms with E-state index in [-0.39, 0.29) is 5.69 Å². The summed E-state index contributed by atoms with van der Waals surface area (Å²) >= 11 is 0. The first kappa shape index (κ1) is 14.5. The fourth-order valence-corrected chi connectivity index (χ4v) is 2.18. The van der Waals surface area contributed by atoms with Crippen LogP contribution >= 0.6 is 0 Å². The number of hydrogen-bond donors (Lipinski definition) is 3. The van der Waals surface area contributed by atoms with Gasteiger partial charge in [-0.05, 0) is 30.3 Å². The maximum Gasteiger partial charge on any atom is 0.346 e. The highest BCUT2D eigenvalue weighted by Crippen LogP contribution is 2.15. The van der Waals surface area contributed by atoms with Crippen LogP contribution in [0.5, 0.6) is 0 Å². The normalized spacial score (nSPS) is 10.4. The fraction of sp³-hybridized carbons (Fsp3) is 0. The number of anilines is 1. The van der Waals surface area contributed by atoms with Crippen LogP contribution < -0.4 is 16.7 Å². The zero-order valence-electron chi connectivity index (χ0n) is 11.9. The summed E-state index contributed by atoms with van der Waals surface area (Å²) in [5, 5.41) is 3.18. The Balaban J connectivity index is 1.94. The molecule has 1 heterocycles. The number of carbonyl (C=O) groups excluding carboxylic acids is 2. The molecule has 0 atom stereocenters. The molecule has 3 aromatic rings. The molecule has 0 unspecified atom stereocenters. The van der Waals surface area contributed by atoms with Crippen LogP contribution in [0, 0.1) is 0 Å². The van der Waals surface area contributed by atoms with E-state index >= 15 is 0 Å². The summed E-state index contributed by atoms with van der Waals surface area (Å²) in [6.07, 6.45) is 0. The second-order valence-corrected chi connectivity index (χ2v) is 4.83. The van der Waals surface area contributed by atoms with E-state index in [1.54, 1.807) is 36.4 Å². The van der Waals surface area contributed by atoms with Gasteiger partial charge in [0.05, 0.1) is 5.52 Å². The van der Waals surface area contributed by atoms with Gasteiger partial charge in [-0.2, -0.15) is 4.98 Å². The number of nitrogens with zero attached hydrogens (tertiary/aromatic N) is 1. The molecule has 23 heavy (non-hydrogen) atoms. The van der Waals surface area contributed by atoms with Crippen molar-refractivity contribution in [2.75, 3.05) is 5.32 Å². The smallest absolute Gasteiger partial charge is 0.346 e. The van der Waals surface area contributed by atoms with E-state index in [1.165, 1.54) is 12.1 Å². The van der Waals surface area contributed by atoms with E-state index in [9.17, 15) is 14.4 Å². The molecule has 2 aromatic carbocycles. The van der Waals surface area contributed by atoms with Crippen LogP contribution in [0.15, 0.2) is 53.3 Å². The topological polar surface area (TPSA) is 118 Å². The van der Waals surface area contributed by atoms with E-state index in [1.807, 2.05) is 0 Å². The minimum absolute atomic E-state index is 0.0309. The second kappa shape index (κ2) is 5.72. The highest BCUT2D eigenvalue weighted by atomic mass is 16.2. The first-order valence-electron chi connectivity index (χ1n) is 6.75. The van der Waals surface area contributed by atoms with E-state index in [2.05, 4.69) is 15.3 Å². The number of para-hydroxylation sites is 1. The third-order valence-corrected chi connectivity index (χ3v) is 3.28. The van der Waals surface area contributed by atoms with Gasteiger partial charge in [-0.25, -0.2) is 4.79 Å². The van der Waals surface area contributed by atoms with Gasteiger partial charge >= 0.3 is 5.69 Å². The molecular formula is C16H12N4O3. The van der Waals surface area contributed by atoms with Gasteiger partial charge in [0.25, 0.3) is 5.91 Å². The molecule has 4 N–H and O–H groups in total. The van der Waals surface area contributed by atoms with Crippen LogP contribution in [0.25, 0.3) is 10.9 Å². The molecular weight excluding hydrogens is 296 g/mol. The zero-order chi connectivity index (χ0) is 16.4. The molecule has 7 nitrogen and oxygen atoms in total. The van der Waals surface area contributed by atoms with E-state index in [0.717, 1.165) is 0 Å². The fourth-order valence-electron chi connectivity index (χ4n) is 2.18. The average molecular weight is 308 g/mol. The third kappa shape index (κ3) is 2.93. The summed E-state index contributed by atoms with van der Waals surface area (Å²) in [7, 11) is 0. The van der Waals surface area contributed by atoms with Gasteiger partial charge in [0.2, 0.25) is 5.91 Å². The number of amides is 2. The molecule has 0 saturated carbocycles. The molecule has 0 bridgehead atoms. The van der Waals surface area contributed by atoms with Crippen molar-refractivity contribution < 1.29 is 9.59 Å². The lowest BCUT2D eigenvalue weighted by atomic mass is 10.1. The lowest BCUT2D eigenvalue weighted by Gasteiger charge is -2.07. The molecule has 0 aliphatic heterocycles. The monoisotopic (exact) mass is 308 g/mol. The molecule has 7 heteroatoms. The predicted molar refractivity (Wildman–Crippen MR) is 85.3 cm³/mol. The summed E-state index contributed by atoms with van der Waals surface area (Å²) in [6, 6.07) is 13.0. The van der Waals surface area contributed by atoms with Crippen molar-refractivity contribution in [2.24, 2.45) is 5.73 Å². The number of aromatic nitrogens is 2. The Labute approximate surface area is 130 Å². The highest BCUT2D eigenvalue weighted by molar-refractivity contribution is 6.10. The molecule has 2 amide bonds. The number of nitrogens with two attached hydrogens (primary N) is 1. The molecule has 0 saturated heterocycles. The summed E-state index contributed by atoms with van der Waals surface area (Å²) in [5.41, 5.74) is 5.92. The predicted octanol–water partition coefficient (Wildman–Crippen LogP) is 1.27. The summed E-state index contributed by atoms with van der Waals surface area (Å²) < 4.78 is 0. The number of aromatic amines is 1. The van der Waals surface area contributed by atoms with Crippen LogP contribution in [-0.4, -0.2) is 21.8 Å². The lowest BCUT2D eigenvalue weighted by Crippen LogP contribution is -2.21. The molecule has 0 aliphatic rings. The standard InChI is InChI=1S/C16H12N4O3/c17-14(21)9-5-7-10(8-6-9)18-15(22)13-11-3-1-2-4-12(11)19-16(23)20-13/h1-8H,(H2,17,21)(H,18,22)(H,19,20,23). The minimum atomic E-state index is -0.599. The Kier molecular flexibility index (Phi) is 3.60. The maximum atomic E-state index is 12.4. The van der Waals surface area contributed by atoms with Crippen LogP contribution in [0.2, 0.25) is 0 Å². The van der Waals surface area contributed by atoms with Gasteiger partial charge in [-0.1, -0.05) is 18.2 Å². The molecule has 114 valence electrons. The minimum Gasteiger partial charge on any atom is -0.366 e. The van der Waals surface area contributed by atoms with Crippen LogP contribution in [0.4, 0.5) is 5.69 Å². The Morgan fingerprint density at radius 3 is 2.43 bits per heavy atom. The van der Waals surface area contributed by atoms with Gasteiger partial charge < -0.3 is 16.0 Å². The van der Waals surface area contributed by atoms with Crippen molar-refractivity contribution in [3.05, 3.63) is 70.3 Å². The van der Waals surface area contributed by atoms with Crippen LogP contribution in [0.3, 0.4) is 0 Å². The van der Waals surface area contributed by atoms with E-state index in [0.29, 0.717) is 22.2 Å². The van der Waals surface area contributed by atoms with Crippen molar-refractivity contribution >= 4 is 28.4 Å². The highest BCUT2D eigenvalue weighted by Gasteiger charge is 2.13. The zero-order valence-corrected chi connectivity index (χ0v) is 11.9.